The summed E-state index contributed by atoms with van der Waals surface area (Å²) >= 11 is 0. The third-order valence-electron chi connectivity index (χ3n) is 2.65. The fourth-order valence-electron chi connectivity index (χ4n) is 1.74. The average molecular weight is 272 g/mol. The SMILES string of the molecule is CC(C)(C)OCC(=O)N1CCNC(=O)C1CC(=O)O. The number of carbonyl (C=O) groups is 3. The first kappa shape index (κ1) is 15.4. The largest absolute Gasteiger partial charge is 0.481 e. The second-order valence-corrected chi connectivity index (χ2v) is 5.39. The molecule has 19 heavy (non-hydrogen) atoms. The third-order valence-corrected chi connectivity index (χ3v) is 2.65. The van der Waals surface area contributed by atoms with E-state index >= 15 is 0 Å². The average Bonchev–Trinajstić information content (AvgIpc) is 2.27. The van der Waals surface area contributed by atoms with Crippen LogP contribution < -0.4 is 5.32 Å². The van der Waals surface area contributed by atoms with E-state index in [-0.39, 0.29) is 12.5 Å². The van der Waals surface area contributed by atoms with Gasteiger partial charge in [0.05, 0.1) is 12.0 Å². The molecule has 1 fully saturated rings. The molecule has 0 radical (unpaired) electrons. The minimum absolute atomic E-state index is 0.160. The molecule has 0 aromatic carbocycles. The minimum Gasteiger partial charge on any atom is -0.481 e. The molecule has 0 aromatic rings. The molecule has 2 amide bonds. The summed E-state index contributed by atoms with van der Waals surface area (Å²) in [6.07, 6.45) is -0.396. The number of carbonyl (C=O) groups excluding carboxylic acids is 2. The van der Waals surface area contributed by atoms with Gasteiger partial charge in [-0.15, -0.1) is 0 Å². The fourth-order valence-corrected chi connectivity index (χ4v) is 1.74. The highest BCUT2D eigenvalue weighted by Gasteiger charge is 2.34. The smallest absolute Gasteiger partial charge is 0.305 e. The van der Waals surface area contributed by atoms with Gasteiger partial charge < -0.3 is 20.1 Å². The van der Waals surface area contributed by atoms with Crippen LogP contribution >= 0.6 is 0 Å². The summed E-state index contributed by atoms with van der Waals surface area (Å²) in [5.41, 5.74) is -0.462. The van der Waals surface area contributed by atoms with Crippen molar-refractivity contribution < 1.29 is 24.2 Å². The summed E-state index contributed by atoms with van der Waals surface area (Å²) in [6, 6.07) is -0.956. The van der Waals surface area contributed by atoms with Gasteiger partial charge in [0, 0.05) is 13.1 Å². The van der Waals surface area contributed by atoms with Crippen molar-refractivity contribution in [3.8, 4) is 0 Å². The summed E-state index contributed by atoms with van der Waals surface area (Å²) in [6.45, 7) is 5.92. The van der Waals surface area contributed by atoms with Crippen molar-refractivity contribution in [2.45, 2.75) is 38.8 Å². The number of nitrogens with zero attached hydrogens (tertiary/aromatic N) is 1. The molecule has 0 aliphatic carbocycles. The molecule has 1 saturated heterocycles. The maximum absolute atomic E-state index is 12.0. The third kappa shape index (κ3) is 4.86. The number of carboxylic acid groups (broad SMARTS) is 1. The van der Waals surface area contributed by atoms with E-state index in [9.17, 15) is 14.4 Å². The fraction of sp³-hybridized carbons (Fsp3) is 0.750. The summed E-state index contributed by atoms with van der Waals surface area (Å²) in [4.78, 5) is 35.7. The van der Waals surface area contributed by atoms with Gasteiger partial charge in [0.2, 0.25) is 11.8 Å². The zero-order valence-corrected chi connectivity index (χ0v) is 11.4. The van der Waals surface area contributed by atoms with E-state index in [2.05, 4.69) is 5.32 Å². The number of nitrogens with one attached hydrogen (secondary N) is 1. The molecule has 1 unspecified atom stereocenters. The standard InChI is InChI=1S/C12H20N2O5/c1-12(2,3)19-7-9(15)14-5-4-13-11(18)8(14)6-10(16)17/h8H,4-7H2,1-3H3,(H,13,18)(H,16,17). The second kappa shape index (κ2) is 6.01. The van der Waals surface area contributed by atoms with Gasteiger partial charge in [-0.05, 0) is 20.8 Å². The normalized spacial score (nSPS) is 20.1. The number of hydrogen-bond donors (Lipinski definition) is 2. The van der Waals surface area contributed by atoms with E-state index < -0.39 is 29.9 Å². The molecule has 0 bridgehead atoms. The van der Waals surface area contributed by atoms with Crippen molar-refractivity contribution in [3.63, 3.8) is 0 Å². The number of piperazine rings is 1. The van der Waals surface area contributed by atoms with Gasteiger partial charge in [-0.1, -0.05) is 0 Å². The Bertz CT molecular complexity index is 375. The minimum atomic E-state index is -1.11. The zero-order valence-electron chi connectivity index (χ0n) is 11.4. The van der Waals surface area contributed by atoms with E-state index in [1.165, 1.54) is 4.90 Å². The quantitative estimate of drug-likeness (QED) is 0.726. The van der Waals surface area contributed by atoms with E-state index in [0.717, 1.165) is 0 Å². The molecule has 108 valence electrons. The molecule has 1 aliphatic rings. The summed E-state index contributed by atoms with van der Waals surface area (Å²) in [5, 5.41) is 11.4. The molecule has 0 aromatic heterocycles. The van der Waals surface area contributed by atoms with Crippen LogP contribution in [0.1, 0.15) is 27.2 Å². The topological polar surface area (TPSA) is 95.9 Å². The lowest BCUT2D eigenvalue weighted by Gasteiger charge is -2.34. The second-order valence-electron chi connectivity index (χ2n) is 5.39. The van der Waals surface area contributed by atoms with Gasteiger partial charge in [-0.3, -0.25) is 14.4 Å². The van der Waals surface area contributed by atoms with Gasteiger partial charge >= 0.3 is 5.97 Å². The highest BCUT2D eigenvalue weighted by molar-refractivity contribution is 5.91. The van der Waals surface area contributed by atoms with Gasteiger partial charge in [0.15, 0.2) is 0 Å². The van der Waals surface area contributed by atoms with Crippen LogP contribution in [-0.4, -0.2) is 59.1 Å². The maximum atomic E-state index is 12.0. The Hall–Kier alpha value is -1.63. The van der Waals surface area contributed by atoms with Gasteiger partial charge in [0.1, 0.15) is 12.6 Å². The van der Waals surface area contributed by atoms with E-state index in [4.69, 9.17) is 9.84 Å². The van der Waals surface area contributed by atoms with E-state index in [0.29, 0.717) is 13.1 Å². The highest BCUT2D eigenvalue weighted by Crippen LogP contribution is 2.12. The summed E-state index contributed by atoms with van der Waals surface area (Å²) in [5.74, 6) is -1.91. The van der Waals surface area contributed by atoms with Gasteiger partial charge in [-0.25, -0.2) is 0 Å². The van der Waals surface area contributed by atoms with Crippen molar-refractivity contribution in [1.82, 2.24) is 10.2 Å². The van der Waals surface area contributed by atoms with E-state index in [1.54, 1.807) is 0 Å². The highest BCUT2D eigenvalue weighted by atomic mass is 16.5. The number of aliphatic carboxylic acids is 1. The van der Waals surface area contributed by atoms with Crippen molar-refractivity contribution in [3.05, 3.63) is 0 Å². The van der Waals surface area contributed by atoms with Crippen LogP contribution in [0.25, 0.3) is 0 Å². The monoisotopic (exact) mass is 272 g/mol. The van der Waals surface area contributed by atoms with Crippen molar-refractivity contribution in [1.29, 1.82) is 0 Å². The molecule has 7 nitrogen and oxygen atoms in total. The molecule has 2 N–H and O–H groups in total. The molecule has 1 aliphatic heterocycles. The number of ether oxygens (including phenoxy) is 1. The molecule has 7 heteroatoms. The van der Waals surface area contributed by atoms with Gasteiger partial charge in [-0.2, -0.15) is 0 Å². The van der Waals surface area contributed by atoms with Crippen molar-refractivity contribution >= 4 is 17.8 Å². The number of amides is 2. The van der Waals surface area contributed by atoms with Crippen LogP contribution in [-0.2, 0) is 19.1 Å². The molecule has 1 heterocycles. The van der Waals surface area contributed by atoms with Gasteiger partial charge in [0.25, 0.3) is 0 Å². The molecular formula is C12H20N2O5. The molecule has 0 saturated carbocycles. The number of carboxylic acids is 1. The van der Waals surface area contributed by atoms with Crippen molar-refractivity contribution in [2.75, 3.05) is 19.7 Å². The van der Waals surface area contributed by atoms with Crippen LogP contribution in [0, 0.1) is 0 Å². The predicted octanol–water partition coefficient (Wildman–Crippen LogP) is -0.397. The van der Waals surface area contributed by atoms with Crippen LogP contribution in [0.5, 0.6) is 0 Å². The Morgan fingerprint density at radius 2 is 2.11 bits per heavy atom. The first-order valence-corrected chi connectivity index (χ1v) is 6.13. The van der Waals surface area contributed by atoms with Crippen molar-refractivity contribution in [2.24, 2.45) is 0 Å². The Kier molecular flexibility index (Phi) is 4.88. The van der Waals surface area contributed by atoms with E-state index in [1.807, 2.05) is 20.8 Å². The number of rotatable bonds is 4. The lowest BCUT2D eigenvalue weighted by molar-refractivity contribution is -0.153. The first-order valence-electron chi connectivity index (χ1n) is 6.13. The Balaban J connectivity index is 2.68. The predicted molar refractivity (Wildman–Crippen MR) is 66.5 cm³/mol. The summed E-state index contributed by atoms with van der Waals surface area (Å²) < 4.78 is 5.36. The Morgan fingerprint density at radius 3 is 2.63 bits per heavy atom. The lowest BCUT2D eigenvalue weighted by atomic mass is 10.1. The molecule has 1 atom stereocenters. The molecular weight excluding hydrogens is 252 g/mol. The Morgan fingerprint density at radius 1 is 1.47 bits per heavy atom. The Labute approximate surface area is 111 Å². The lowest BCUT2D eigenvalue weighted by Crippen LogP contribution is -2.58. The van der Waals surface area contributed by atoms with Crippen LogP contribution in [0.15, 0.2) is 0 Å². The van der Waals surface area contributed by atoms with Crippen LogP contribution in [0.2, 0.25) is 0 Å². The maximum Gasteiger partial charge on any atom is 0.305 e. The van der Waals surface area contributed by atoms with Crippen LogP contribution in [0.3, 0.4) is 0 Å². The van der Waals surface area contributed by atoms with Crippen LogP contribution in [0.4, 0.5) is 0 Å². The number of hydrogen-bond acceptors (Lipinski definition) is 4. The summed E-state index contributed by atoms with van der Waals surface area (Å²) in [7, 11) is 0. The zero-order chi connectivity index (χ0) is 14.6. The first-order chi connectivity index (χ1) is 8.70. The molecule has 0 spiro atoms. The molecule has 1 rings (SSSR count).